The van der Waals surface area contributed by atoms with Crippen molar-refractivity contribution in [2.24, 2.45) is 5.92 Å². The van der Waals surface area contributed by atoms with Crippen LogP contribution in [0.3, 0.4) is 0 Å². The van der Waals surface area contributed by atoms with Crippen LogP contribution < -0.4 is 10.1 Å². The third-order valence-corrected chi connectivity index (χ3v) is 7.15. The summed E-state index contributed by atoms with van der Waals surface area (Å²) in [5, 5.41) is 2.93. The summed E-state index contributed by atoms with van der Waals surface area (Å²) in [6, 6.07) is 4.84. The molecule has 27 heavy (non-hydrogen) atoms. The maximum atomic E-state index is 13.0. The summed E-state index contributed by atoms with van der Waals surface area (Å²) in [5.41, 5.74) is 0.765. The second kappa shape index (κ2) is 8.58. The van der Waals surface area contributed by atoms with Crippen LogP contribution in [0.2, 0.25) is 0 Å². The standard InChI is InChI=1S/C19H28N2O5S/c1-14-11-17(7-8-18(14)25-2)27(23,24)21-9-3-5-15(13-21)19(22)20-12-16-6-4-10-26-16/h7-8,11,15-16H,3-6,9-10,12-13H2,1-2H3,(H,20,22)/t15-,16-/m1/s1. The molecular weight excluding hydrogens is 368 g/mol. The number of methoxy groups -OCH3 is 1. The number of ether oxygens (including phenoxy) is 2. The lowest BCUT2D eigenvalue weighted by Gasteiger charge is -2.31. The van der Waals surface area contributed by atoms with Crippen molar-refractivity contribution in [2.75, 3.05) is 33.4 Å². The summed E-state index contributed by atoms with van der Waals surface area (Å²) >= 11 is 0. The summed E-state index contributed by atoms with van der Waals surface area (Å²) in [6.45, 7) is 3.71. The number of sulfonamides is 1. The van der Waals surface area contributed by atoms with Gasteiger partial charge in [0.2, 0.25) is 15.9 Å². The van der Waals surface area contributed by atoms with Crippen LogP contribution in [0.5, 0.6) is 5.75 Å². The first kappa shape index (κ1) is 20.1. The average Bonchev–Trinajstić information content (AvgIpc) is 3.19. The van der Waals surface area contributed by atoms with Crippen LogP contribution in [-0.4, -0.2) is 58.1 Å². The van der Waals surface area contributed by atoms with E-state index in [1.54, 1.807) is 25.3 Å². The summed E-state index contributed by atoms with van der Waals surface area (Å²) in [6.07, 6.45) is 3.44. The van der Waals surface area contributed by atoms with Crippen molar-refractivity contribution < 1.29 is 22.7 Å². The van der Waals surface area contributed by atoms with E-state index in [0.717, 1.165) is 25.0 Å². The molecule has 0 aliphatic carbocycles. The summed E-state index contributed by atoms with van der Waals surface area (Å²) < 4.78 is 38.2. The molecule has 2 saturated heterocycles. The van der Waals surface area contributed by atoms with Crippen LogP contribution in [-0.2, 0) is 19.6 Å². The number of rotatable bonds is 6. The number of amides is 1. The van der Waals surface area contributed by atoms with Gasteiger partial charge in [-0.05, 0) is 56.4 Å². The molecule has 0 bridgehead atoms. The SMILES string of the molecule is COc1ccc(S(=O)(=O)N2CCC[C@@H](C(=O)NC[C@H]3CCCO3)C2)cc1C. The van der Waals surface area contributed by atoms with Gasteiger partial charge in [-0.1, -0.05) is 0 Å². The van der Waals surface area contributed by atoms with E-state index in [-0.39, 0.29) is 29.4 Å². The van der Waals surface area contributed by atoms with Gasteiger partial charge in [0.25, 0.3) is 0 Å². The molecule has 1 aromatic carbocycles. The molecule has 1 N–H and O–H groups in total. The number of benzene rings is 1. The highest BCUT2D eigenvalue weighted by atomic mass is 32.2. The third kappa shape index (κ3) is 4.62. The van der Waals surface area contributed by atoms with Crippen LogP contribution in [0.25, 0.3) is 0 Å². The Morgan fingerprint density at radius 2 is 2.15 bits per heavy atom. The molecule has 1 amide bonds. The van der Waals surface area contributed by atoms with Gasteiger partial charge in [-0.3, -0.25) is 4.79 Å². The molecular formula is C19H28N2O5S. The first-order chi connectivity index (χ1) is 12.9. The van der Waals surface area contributed by atoms with Gasteiger partial charge in [-0.2, -0.15) is 4.31 Å². The molecule has 2 atom stereocenters. The molecule has 2 aliphatic heterocycles. The molecule has 0 radical (unpaired) electrons. The summed E-state index contributed by atoms with van der Waals surface area (Å²) in [4.78, 5) is 12.7. The van der Waals surface area contributed by atoms with Crippen LogP contribution in [0, 0.1) is 12.8 Å². The highest BCUT2D eigenvalue weighted by molar-refractivity contribution is 7.89. The highest BCUT2D eigenvalue weighted by Gasteiger charge is 2.33. The number of hydrogen-bond acceptors (Lipinski definition) is 5. The topological polar surface area (TPSA) is 84.9 Å². The Balaban J connectivity index is 1.65. The minimum absolute atomic E-state index is 0.0830. The molecule has 0 aromatic heterocycles. The van der Waals surface area contributed by atoms with Crippen molar-refractivity contribution in [1.29, 1.82) is 0 Å². The third-order valence-electron chi connectivity index (χ3n) is 5.29. The van der Waals surface area contributed by atoms with Crippen molar-refractivity contribution in [3.8, 4) is 5.75 Å². The fraction of sp³-hybridized carbons (Fsp3) is 0.632. The van der Waals surface area contributed by atoms with Gasteiger partial charge in [-0.25, -0.2) is 8.42 Å². The number of carbonyl (C=O) groups excluding carboxylic acids is 1. The molecule has 2 fully saturated rings. The highest BCUT2D eigenvalue weighted by Crippen LogP contribution is 2.27. The van der Waals surface area contributed by atoms with Crippen molar-refractivity contribution in [2.45, 2.75) is 43.6 Å². The van der Waals surface area contributed by atoms with Gasteiger partial charge in [0.15, 0.2) is 0 Å². The average molecular weight is 397 g/mol. The molecule has 2 aliphatic rings. The quantitative estimate of drug-likeness (QED) is 0.791. The van der Waals surface area contributed by atoms with E-state index in [4.69, 9.17) is 9.47 Å². The van der Waals surface area contributed by atoms with Gasteiger partial charge in [0, 0.05) is 26.2 Å². The minimum Gasteiger partial charge on any atom is -0.496 e. The van der Waals surface area contributed by atoms with Crippen molar-refractivity contribution >= 4 is 15.9 Å². The molecule has 7 nitrogen and oxygen atoms in total. The second-order valence-electron chi connectivity index (χ2n) is 7.21. The Morgan fingerprint density at radius 3 is 2.81 bits per heavy atom. The van der Waals surface area contributed by atoms with Crippen LogP contribution >= 0.6 is 0 Å². The number of piperidine rings is 1. The molecule has 0 spiro atoms. The lowest BCUT2D eigenvalue weighted by molar-refractivity contribution is -0.126. The predicted octanol–water partition coefficient (Wildman–Crippen LogP) is 1.70. The summed E-state index contributed by atoms with van der Waals surface area (Å²) in [5.74, 6) is 0.240. The van der Waals surface area contributed by atoms with Gasteiger partial charge in [0.05, 0.1) is 24.0 Å². The van der Waals surface area contributed by atoms with E-state index in [2.05, 4.69) is 5.32 Å². The smallest absolute Gasteiger partial charge is 0.243 e. The van der Waals surface area contributed by atoms with Gasteiger partial charge < -0.3 is 14.8 Å². The Bertz CT molecular complexity index is 774. The molecule has 150 valence electrons. The first-order valence-electron chi connectivity index (χ1n) is 9.46. The monoisotopic (exact) mass is 396 g/mol. The zero-order valence-corrected chi connectivity index (χ0v) is 16.8. The lowest BCUT2D eigenvalue weighted by Crippen LogP contribution is -2.46. The molecule has 0 unspecified atom stereocenters. The molecule has 3 rings (SSSR count). The molecule has 8 heteroatoms. The van der Waals surface area contributed by atoms with Crippen LogP contribution in [0.4, 0.5) is 0 Å². The molecule has 1 aromatic rings. The molecule has 0 saturated carbocycles. The van der Waals surface area contributed by atoms with E-state index >= 15 is 0 Å². The predicted molar refractivity (Wildman–Crippen MR) is 101 cm³/mol. The Hall–Kier alpha value is -1.64. The van der Waals surface area contributed by atoms with E-state index in [1.807, 2.05) is 6.92 Å². The van der Waals surface area contributed by atoms with Crippen LogP contribution in [0.15, 0.2) is 23.1 Å². The van der Waals surface area contributed by atoms with E-state index < -0.39 is 10.0 Å². The Morgan fingerprint density at radius 1 is 1.33 bits per heavy atom. The number of aryl methyl sites for hydroxylation is 1. The summed E-state index contributed by atoms with van der Waals surface area (Å²) in [7, 11) is -2.08. The normalized spacial score (nSPS) is 23.9. The first-order valence-corrected chi connectivity index (χ1v) is 10.9. The maximum Gasteiger partial charge on any atom is 0.243 e. The second-order valence-corrected chi connectivity index (χ2v) is 9.15. The van der Waals surface area contributed by atoms with E-state index in [0.29, 0.717) is 31.7 Å². The number of nitrogens with zero attached hydrogens (tertiary/aromatic N) is 1. The lowest BCUT2D eigenvalue weighted by atomic mass is 9.99. The van der Waals surface area contributed by atoms with Crippen molar-refractivity contribution in [3.05, 3.63) is 23.8 Å². The maximum absolute atomic E-state index is 13.0. The number of hydrogen-bond donors (Lipinski definition) is 1. The van der Waals surface area contributed by atoms with Crippen LogP contribution in [0.1, 0.15) is 31.2 Å². The minimum atomic E-state index is -3.63. The van der Waals surface area contributed by atoms with Gasteiger partial charge >= 0.3 is 0 Å². The molecule has 2 heterocycles. The Kier molecular flexibility index (Phi) is 6.39. The van der Waals surface area contributed by atoms with E-state index in [1.165, 1.54) is 4.31 Å². The van der Waals surface area contributed by atoms with Gasteiger partial charge in [0.1, 0.15) is 5.75 Å². The fourth-order valence-electron chi connectivity index (χ4n) is 3.70. The Labute approximate surface area is 161 Å². The van der Waals surface area contributed by atoms with Gasteiger partial charge in [-0.15, -0.1) is 0 Å². The fourth-order valence-corrected chi connectivity index (χ4v) is 5.31. The van der Waals surface area contributed by atoms with E-state index in [9.17, 15) is 13.2 Å². The zero-order valence-electron chi connectivity index (χ0n) is 15.9. The van der Waals surface area contributed by atoms with Crippen molar-refractivity contribution in [3.63, 3.8) is 0 Å². The number of nitrogens with one attached hydrogen (secondary N) is 1. The zero-order chi connectivity index (χ0) is 19.4. The van der Waals surface area contributed by atoms with Crippen molar-refractivity contribution in [1.82, 2.24) is 9.62 Å². The number of carbonyl (C=O) groups is 1. The largest absolute Gasteiger partial charge is 0.496 e.